The minimum Gasteiger partial charge on any atom is -0.489 e. The molecule has 0 aliphatic heterocycles. The topological polar surface area (TPSA) is 59.4 Å². The van der Waals surface area contributed by atoms with Crippen LogP contribution in [-0.2, 0) is 24.0 Å². The standard InChI is InChI=1S/C33H22F3NO3/c34-33(35,36)29-11-5-10-28-31(26(20-37-32(28)29)18-23-6-2-1-3-7-23)25-9-4-8-24(19-25)21-40-27-15-12-22(13-16-27)14-17-30(38)39/h1-13,15-16,19-20H,18,21H2,(H,38,39). The van der Waals surface area contributed by atoms with Crippen molar-refractivity contribution in [2.45, 2.75) is 19.2 Å². The number of para-hydroxylation sites is 1. The van der Waals surface area contributed by atoms with Crippen LogP contribution in [0, 0.1) is 11.8 Å². The van der Waals surface area contributed by atoms with Gasteiger partial charge in [0.05, 0.1) is 11.1 Å². The first-order valence-corrected chi connectivity index (χ1v) is 12.4. The van der Waals surface area contributed by atoms with Gasteiger partial charge in [-0.2, -0.15) is 13.2 Å². The Morgan fingerprint density at radius 3 is 2.33 bits per heavy atom. The van der Waals surface area contributed by atoms with Gasteiger partial charge >= 0.3 is 12.1 Å². The molecular formula is C33H22F3NO3. The number of carbonyl (C=O) groups is 1. The maximum absolute atomic E-state index is 13.8. The monoisotopic (exact) mass is 537 g/mol. The molecule has 40 heavy (non-hydrogen) atoms. The zero-order valence-electron chi connectivity index (χ0n) is 21.1. The largest absolute Gasteiger partial charge is 0.489 e. The third-order valence-corrected chi connectivity index (χ3v) is 6.31. The number of carboxylic acids is 1. The van der Waals surface area contributed by atoms with Gasteiger partial charge < -0.3 is 9.84 Å². The Kier molecular flexibility index (Phi) is 7.52. The van der Waals surface area contributed by atoms with Crippen LogP contribution in [0.5, 0.6) is 5.75 Å². The van der Waals surface area contributed by atoms with E-state index in [2.05, 4.69) is 16.8 Å². The number of rotatable bonds is 6. The van der Waals surface area contributed by atoms with Crippen LogP contribution in [0.1, 0.15) is 27.8 Å². The van der Waals surface area contributed by atoms with Gasteiger partial charge in [-0.25, -0.2) is 4.79 Å². The van der Waals surface area contributed by atoms with Crippen molar-refractivity contribution < 1.29 is 27.8 Å². The molecule has 1 aromatic heterocycles. The summed E-state index contributed by atoms with van der Waals surface area (Å²) in [6.07, 6.45) is -2.49. The van der Waals surface area contributed by atoms with Gasteiger partial charge in [0, 0.05) is 23.1 Å². The van der Waals surface area contributed by atoms with E-state index in [0.717, 1.165) is 28.3 Å². The average molecular weight is 538 g/mol. The lowest BCUT2D eigenvalue weighted by molar-refractivity contribution is -0.136. The minimum absolute atomic E-state index is 0.0884. The second kappa shape index (κ2) is 11.3. The molecule has 0 aliphatic rings. The van der Waals surface area contributed by atoms with Crippen molar-refractivity contribution in [2.75, 3.05) is 0 Å². The number of aromatic nitrogens is 1. The first-order chi connectivity index (χ1) is 19.3. The molecule has 4 nitrogen and oxygen atoms in total. The van der Waals surface area contributed by atoms with Crippen LogP contribution in [-0.4, -0.2) is 16.1 Å². The molecule has 4 aromatic carbocycles. The number of ether oxygens (including phenoxy) is 1. The van der Waals surface area contributed by atoms with E-state index in [1.165, 1.54) is 12.3 Å². The van der Waals surface area contributed by atoms with Crippen LogP contribution < -0.4 is 4.74 Å². The molecule has 5 rings (SSSR count). The van der Waals surface area contributed by atoms with Gasteiger partial charge in [0.2, 0.25) is 0 Å². The molecule has 0 saturated carbocycles. The number of nitrogens with zero attached hydrogens (tertiary/aromatic N) is 1. The van der Waals surface area contributed by atoms with Crippen LogP contribution in [0.25, 0.3) is 22.0 Å². The Morgan fingerprint density at radius 2 is 1.60 bits per heavy atom. The fourth-order valence-electron chi connectivity index (χ4n) is 4.53. The van der Waals surface area contributed by atoms with Crippen LogP contribution in [0.15, 0.2) is 103 Å². The number of aliphatic carboxylic acids is 1. The lowest BCUT2D eigenvalue weighted by Crippen LogP contribution is -2.07. The van der Waals surface area contributed by atoms with E-state index in [4.69, 9.17) is 9.84 Å². The third-order valence-electron chi connectivity index (χ3n) is 6.31. The molecule has 1 heterocycles. The fraction of sp³-hybridized carbons (Fsp3) is 0.0909. The predicted molar refractivity (Wildman–Crippen MR) is 147 cm³/mol. The van der Waals surface area contributed by atoms with E-state index in [9.17, 15) is 18.0 Å². The molecule has 0 fully saturated rings. The first kappa shape index (κ1) is 26.5. The molecule has 0 atom stereocenters. The zero-order valence-corrected chi connectivity index (χ0v) is 21.1. The number of halogens is 3. The number of hydrogen-bond donors (Lipinski definition) is 1. The van der Waals surface area contributed by atoms with Crippen molar-refractivity contribution in [1.82, 2.24) is 4.98 Å². The first-order valence-electron chi connectivity index (χ1n) is 12.4. The summed E-state index contributed by atoms with van der Waals surface area (Å²) >= 11 is 0. The third kappa shape index (κ3) is 6.13. The number of alkyl halides is 3. The van der Waals surface area contributed by atoms with E-state index in [1.54, 1.807) is 30.3 Å². The van der Waals surface area contributed by atoms with Gasteiger partial charge in [0.1, 0.15) is 12.4 Å². The number of hydrogen-bond acceptors (Lipinski definition) is 3. The zero-order chi connectivity index (χ0) is 28.1. The lowest BCUT2D eigenvalue weighted by Gasteiger charge is -2.17. The van der Waals surface area contributed by atoms with E-state index in [1.807, 2.05) is 54.6 Å². The van der Waals surface area contributed by atoms with Crippen LogP contribution in [0.2, 0.25) is 0 Å². The van der Waals surface area contributed by atoms with E-state index < -0.39 is 17.7 Å². The lowest BCUT2D eigenvalue weighted by atomic mass is 9.91. The summed E-state index contributed by atoms with van der Waals surface area (Å²) in [4.78, 5) is 14.9. The molecule has 0 radical (unpaired) electrons. The summed E-state index contributed by atoms with van der Waals surface area (Å²) in [6, 6.07) is 28.1. The smallest absolute Gasteiger partial charge is 0.418 e. The Labute approximate surface area is 228 Å². The highest BCUT2D eigenvalue weighted by molar-refractivity contribution is 5.98. The fourth-order valence-corrected chi connectivity index (χ4v) is 4.53. The van der Waals surface area contributed by atoms with Crippen molar-refractivity contribution in [3.8, 4) is 28.7 Å². The second-order valence-electron chi connectivity index (χ2n) is 9.09. The highest BCUT2D eigenvalue weighted by Crippen LogP contribution is 2.39. The highest BCUT2D eigenvalue weighted by atomic mass is 19.4. The van der Waals surface area contributed by atoms with E-state index >= 15 is 0 Å². The van der Waals surface area contributed by atoms with Crippen LogP contribution >= 0.6 is 0 Å². The Morgan fingerprint density at radius 1 is 0.875 bits per heavy atom. The Balaban J connectivity index is 1.51. The Hall–Kier alpha value is -5.09. The summed E-state index contributed by atoms with van der Waals surface area (Å²) in [5.41, 5.74) is 3.81. The molecular weight excluding hydrogens is 515 g/mol. The summed E-state index contributed by atoms with van der Waals surface area (Å²) < 4.78 is 47.4. The average Bonchev–Trinajstić information content (AvgIpc) is 2.95. The predicted octanol–water partition coefficient (Wildman–Crippen LogP) is 7.53. The quantitative estimate of drug-likeness (QED) is 0.228. The maximum atomic E-state index is 13.8. The number of carboxylic acid groups (broad SMARTS) is 1. The Bertz CT molecular complexity index is 1740. The second-order valence-corrected chi connectivity index (χ2v) is 9.09. The summed E-state index contributed by atoms with van der Waals surface area (Å²) in [5.74, 6) is 3.97. The van der Waals surface area contributed by atoms with Crippen molar-refractivity contribution in [3.63, 3.8) is 0 Å². The van der Waals surface area contributed by atoms with Gasteiger partial charge in [0.15, 0.2) is 0 Å². The van der Waals surface area contributed by atoms with Crippen molar-refractivity contribution in [1.29, 1.82) is 0 Å². The van der Waals surface area contributed by atoms with Gasteiger partial charge in [-0.1, -0.05) is 66.6 Å². The maximum Gasteiger partial charge on any atom is 0.418 e. The SMILES string of the molecule is O=C(O)C#Cc1ccc(OCc2cccc(-c3c(Cc4ccccc4)cnc4c(C(F)(F)F)cccc34)c2)cc1. The van der Waals surface area contributed by atoms with Crippen LogP contribution in [0.3, 0.4) is 0 Å². The van der Waals surface area contributed by atoms with Gasteiger partial charge in [-0.15, -0.1) is 0 Å². The van der Waals surface area contributed by atoms with E-state index in [-0.39, 0.29) is 12.1 Å². The van der Waals surface area contributed by atoms with Gasteiger partial charge in [0.25, 0.3) is 0 Å². The normalized spacial score (nSPS) is 11.1. The van der Waals surface area contributed by atoms with Crippen molar-refractivity contribution in [2.24, 2.45) is 0 Å². The van der Waals surface area contributed by atoms with Crippen LogP contribution in [0.4, 0.5) is 13.2 Å². The molecule has 7 heteroatoms. The van der Waals surface area contributed by atoms with Crippen molar-refractivity contribution in [3.05, 3.63) is 131 Å². The van der Waals surface area contributed by atoms with Crippen molar-refractivity contribution >= 4 is 16.9 Å². The number of benzene rings is 4. The molecule has 0 spiro atoms. The summed E-state index contributed by atoms with van der Waals surface area (Å²) in [7, 11) is 0. The minimum atomic E-state index is -4.53. The molecule has 198 valence electrons. The van der Waals surface area contributed by atoms with E-state index in [0.29, 0.717) is 28.7 Å². The highest BCUT2D eigenvalue weighted by Gasteiger charge is 2.33. The van der Waals surface area contributed by atoms with Gasteiger partial charge in [-0.05, 0) is 70.6 Å². The molecule has 5 aromatic rings. The number of pyridine rings is 1. The molecule has 0 unspecified atom stereocenters. The molecule has 0 amide bonds. The summed E-state index contributed by atoms with van der Waals surface area (Å²) in [6.45, 7) is 0.221. The molecule has 1 N–H and O–H groups in total. The summed E-state index contributed by atoms with van der Waals surface area (Å²) in [5, 5.41) is 9.12. The molecule has 0 bridgehead atoms. The number of fused-ring (bicyclic) bond motifs is 1. The van der Waals surface area contributed by atoms with Gasteiger partial charge in [-0.3, -0.25) is 4.98 Å². The molecule has 0 saturated heterocycles. The molecule has 0 aliphatic carbocycles.